The van der Waals surface area contributed by atoms with Gasteiger partial charge in [-0.25, -0.2) is 0 Å². The number of thiophene rings is 1. The molecule has 2 aromatic carbocycles. The maximum Gasteiger partial charge on any atom is 0.0127 e. The third-order valence-electron chi connectivity index (χ3n) is 4.52. The number of fused-ring (bicyclic) bond motifs is 2. The van der Waals surface area contributed by atoms with Crippen molar-refractivity contribution in [2.45, 2.75) is 26.7 Å². The fourth-order valence-electron chi connectivity index (χ4n) is 3.58. The van der Waals surface area contributed by atoms with Crippen LogP contribution in [-0.4, -0.2) is 0 Å². The van der Waals surface area contributed by atoms with Gasteiger partial charge in [-0.2, -0.15) is 0 Å². The SMILES string of the molecule is Cc1cc(C)cc(C=C2c3ccccc3CCc3sccc32)c1. The molecule has 0 spiro atoms. The first kappa shape index (κ1) is 14.5. The summed E-state index contributed by atoms with van der Waals surface area (Å²) >= 11 is 1.89. The second kappa shape index (κ2) is 5.82. The molecule has 114 valence electrons. The van der Waals surface area contributed by atoms with Crippen LogP contribution in [0.15, 0.2) is 53.9 Å². The summed E-state index contributed by atoms with van der Waals surface area (Å²) in [5.74, 6) is 0. The van der Waals surface area contributed by atoms with Crippen LogP contribution >= 0.6 is 11.3 Å². The van der Waals surface area contributed by atoms with E-state index in [0.717, 1.165) is 12.8 Å². The lowest BCUT2D eigenvalue weighted by Crippen LogP contribution is -1.91. The van der Waals surface area contributed by atoms with Gasteiger partial charge in [0.05, 0.1) is 0 Å². The van der Waals surface area contributed by atoms with Gasteiger partial charge in [0.15, 0.2) is 0 Å². The first-order valence-electron chi connectivity index (χ1n) is 8.16. The van der Waals surface area contributed by atoms with Gasteiger partial charge in [0.1, 0.15) is 0 Å². The molecule has 0 saturated heterocycles. The van der Waals surface area contributed by atoms with E-state index in [4.69, 9.17) is 0 Å². The van der Waals surface area contributed by atoms with Crippen LogP contribution in [0.3, 0.4) is 0 Å². The van der Waals surface area contributed by atoms with E-state index in [0.29, 0.717) is 0 Å². The van der Waals surface area contributed by atoms with E-state index in [1.807, 2.05) is 11.3 Å². The highest BCUT2D eigenvalue weighted by molar-refractivity contribution is 7.10. The van der Waals surface area contributed by atoms with Gasteiger partial charge in [0.25, 0.3) is 0 Å². The second-order valence-corrected chi connectivity index (χ2v) is 7.39. The highest BCUT2D eigenvalue weighted by atomic mass is 32.1. The van der Waals surface area contributed by atoms with Crippen LogP contribution in [0.4, 0.5) is 0 Å². The van der Waals surface area contributed by atoms with E-state index < -0.39 is 0 Å². The van der Waals surface area contributed by atoms with Crippen LogP contribution in [-0.2, 0) is 12.8 Å². The molecular weight excluding hydrogens is 296 g/mol. The van der Waals surface area contributed by atoms with Crippen molar-refractivity contribution in [2.75, 3.05) is 0 Å². The van der Waals surface area contributed by atoms with Crippen molar-refractivity contribution in [3.05, 3.63) is 92.2 Å². The zero-order valence-electron chi connectivity index (χ0n) is 13.6. The van der Waals surface area contributed by atoms with E-state index in [1.165, 1.54) is 43.8 Å². The molecule has 1 aromatic heterocycles. The van der Waals surface area contributed by atoms with Gasteiger partial charge in [-0.05, 0) is 72.0 Å². The molecule has 1 heterocycles. The molecule has 0 amide bonds. The average Bonchev–Trinajstić information content (AvgIpc) is 2.93. The van der Waals surface area contributed by atoms with Crippen LogP contribution in [0.25, 0.3) is 11.6 Å². The van der Waals surface area contributed by atoms with E-state index >= 15 is 0 Å². The van der Waals surface area contributed by atoms with E-state index in [-0.39, 0.29) is 0 Å². The fourth-order valence-corrected chi connectivity index (χ4v) is 4.48. The van der Waals surface area contributed by atoms with Crippen molar-refractivity contribution in [1.82, 2.24) is 0 Å². The number of hydrogen-bond donors (Lipinski definition) is 0. The summed E-state index contributed by atoms with van der Waals surface area (Å²) < 4.78 is 0. The Hall–Kier alpha value is -2.12. The molecule has 0 saturated carbocycles. The van der Waals surface area contributed by atoms with Crippen LogP contribution in [0, 0.1) is 13.8 Å². The zero-order chi connectivity index (χ0) is 15.8. The third-order valence-corrected chi connectivity index (χ3v) is 5.50. The van der Waals surface area contributed by atoms with Gasteiger partial charge >= 0.3 is 0 Å². The third kappa shape index (κ3) is 2.77. The Balaban J connectivity index is 1.95. The van der Waals surface area contributed by atoms with Gasteiger partial charge in [0, 0.05) is 4.88 Å². The summed E-state index contributed by atoms with van der Waals surface area (Å²) in [6, 6.07) is 17.9. The largest absolute Gasteiger partial charge is 0.148 e. The molecule has 0 atom stereocenters. The molecular formula is C22H20S. The molecule has 4 rings (SSSR count). The topological polar surface area (TPSA) is 0 Å². The standard InChI is InChI=1S/C22H20S/c1-15-11-16(2)13-17(12-15)14-21-19-6-4-3-5-18(19)7-8-22-20(21)9-10-23-22/h3-6,9-14H,7-8H2,1-2H3. The van der Waals surface area contributed by atoms with Gasteiger partial charge in [0.2, 0.25) is 0 Å². The Kier molecular flexibility index (Phi) is 3.66. The monoisotopic (exact) mass is 316 g/mol. The predicted octanol–water partition coefficient (Wildman–Crippen LogP) is 6.05. The molecule has 1 heteroatoms. The smallest absolute Gasteiger partial charge is 0.0127 e. The normalized spacial score (nSPS) is 15.1. The molecule has 0 radical (unpaired) electrons. The Morgan fingerprint density at radius 2 is 1.65 bits per heavy atom. The highest BCUT2D eigenvalue weighted by Crippen LogP contribution is 2.37. The van der Waals surface area contributed by atoms with Gasteiger partial charge in [-0.15, -0.1) is 11.3 Å². The predicted molar refractivity (Wildman–Crippen MR) is 101 cm³/mol. The summed E-state index contributed by atoms with van der Waals surface area (Å²) in [5.41, 5.74) is 9.59. The number of aryl methyl sites for hydroxylation is 4. The first-order chi connectivity index (χ1) is 11.2. The van der Waals surface area contributed by atoms with Crippen molar-refractivity contribution in [2.24, 2.45) is 0 Å². The molecule has 0 unspecified atom stereocenters. The number of hydrogen-bond acceptors (Lipinski definition) is 1. The lowest BCUT2D eigenvalue weighted by Gasteiger charge is -2.11. The van der Waals surface area contributed by atoms with Crippen molar-refractivity contribution in [3.63, 3.8) is 0 Å². The fraction of sp³-hybridized carbons (Fsp3) is 0.182. The van der Waals surface area contributed by atoms with Gasteiger partial charge in [-0.3, -0.25) is 0 Å². The van der Waals surface area contributed by atoms with E-state index in [2.05, 4.69) is 73.8 Å². The number of rotatable bonds is 1. The zero-order valence-corrected chi connectivity index (χ0v) is 14.4. The Morgan fingerprint density at radius 1 is 0.870 bits per heavy atom. The lowest BCUT2D eigenvalue weighted by molar-refractivity contribution is 0.985. The van der Waals surface area contributed by atoms with E-state index in [1.54, 1.807) is 0 Å². The molecule has 1 aliphatic carbocycles. The number of benzene rings is 2. The minimum atomic E-state index is 1.13. The van der Waals surface area contributed by atoms with Gasteiger partial charge < -0.3 is 0 Å². The van der Waals surface area contributed by atoms with Crippen molar-refractivity contribution < 1.29 is 0 Å². The lowest BCUT2D eigenvalue weighted by atomic mass is 9.93. The molecule has 23 heavy (non-hydrogen) atoms. The maximum absolute atomic E-state index is 2.37. The molecule has 3 aromatic rings. The molecule has 0 nitrogen and oxygen atoms in total. The van der Waals surface area contributed by atoms with Crippen LogP contribution in [0.5, 0.6) is 0 Å². The van der Waals surface area contributed by atoms with Crippen molar-refractivity contribution in [3.8, 4) is 0 Å². The van der Waals surface area contributed by atoms with Crippen LogP contribution in [0.2, 0.25) is 0 Å². The Bertz CT molecular complexity index is 876. The second-order valence-electron chi connectivity index (χ2n) is 6.39. The molecule has 1 aliphatic rings. The molecule has 0 aliphatic heterocycles. The highest BCUT2D eigenvalue weighted by Gasteiger charge is 2.18. The summed E-state index contributed by atoms with van der Waals surface area (Å²) in [6.07, 6.45) is 4.65. The quantitative estimate of drug-likeness (QED) is 0.512. The van der Waals surface area contributed by atoms with Crippen molar-refractivity contribution >= 4 is 23.0 Å². The molecule has 0 bridgehead atoms. The Labute approximate surface area is 142 Å². The summed E-state index contributed by atoms with van der Waals surface area (Å²) in [4.78, 5) is 1.51. The maximum atomic E-state index is 2.37. The van der Waals surface area contributed by atoms with E-state index in [9.17, 15) is 0 Å². The average molecular weight is 316 g/mol. The van der Waals surface area contributed by atoms with Crippen molar-refractivity contribution in [1.29, 1.82) is 0 Å². The summed E-state index contributed by atoms with van der Waals surface area (Å²) in [7, 11) is 0. The first-order valence-corrected chi connectivity index (χ1v) is 9.04. The minimum absolute atomic E-state index is 1.13. The summed E-state index contributed by atoms with van der Waals surface area (Å²) in [6.45, 7) is 4.35. The van der Waals surface area contributed by atoms with Crippen LogP contribution < -0.4 is 0 Å². The van der Waals surface area contributed by atoms with Gasteiger partial charge in [-0.1, -0.05) is 53.6 Å². The summed E-state index contributed by atoms with van der Waals surface area (Å²) in [5, 5.41) is 2.23. The van der Waals surface area contributed by atoms with Crippen LogP contribution in [0.1, 0.15) is 38.3 Å². The Morgan fingerprint density at radius 3 is 2.48 bits per heavy atom. The minimum Gasteiger partial charge on any atom is -0.148 e. The molecule has 0 N–H and O–H groups in total. The molecule has 0 fully saturated rings.